The summed E-state index contributed by atoms with van der Waals surface area (Å²) in [6.45, 7) is 1.99. The molecule has 2 aromatic carbocycles. The SMILES string of the molecule is Cc1ccc(Cl)cc1NC(=O)c1cc2cccnc2n(Cc2ccc(F)cc2)c1=O. The van der Waals surface area contributed by atoms with Gasteiger partial charge in [-0.2, -0.15) is 0 Å². The molecule has 0 spiro atoms. The van der Waals surface area contributed by atoms with Crippen molar-refractivity contribution in [2.24, 2.45) is 0 Å². The summed E-state index contributed by atoms with van der Waals surface area (Å²) in [5.74, 6) is -0.900. The number of hydrogen-bond acceptors (Lipinski definition) is 3. The summed E-state index contributed by atoms with van der Waals surface area (Å²) in [6, 6.07) is 16.0. The molecule has 0 aliphatic rings. The third-order valence-corrected chi connectivity index (χ3v) is 5.03. The van der Waals surface area contributed by atoms with Crippen LogP contribution in [-0.4, -0.2) is 15.5 Å². The number of nitrogens with one attached hydrogen (secondary N) is 1. The number of aryl methyl sites for hydroxylation is 1. The van der Waals surface area contributed by atoms with E-state index in [2.05, 4.69) is 10.3 Å². The van der Waals surface area contributed by atoms with E-state index < -0.39 is 11.5 Å². The molecule has 0 unspecified atom stereocenters. The summed E-state index contributed by atoms with van der Waals surface area (Å²) in [4.78, 5) is 30.5. The van der Waals surface area contributed by atoms with Crippen LogP contribution in [0.1, 0.15) is 21.5 Å². The maximum absolute atomic E-state index is 13.3. The molecular formula is C23H17ClFN3O2. The van der Waals surface area contributed by atoms with Gasteiger partial charge in [-0.25, -0.2) is 9.37 Å². The van der Waals surface area contributed by atoms with Crippen LogP contribution in [0.4, 0.5) is 10.1 Å². The van der Waals surface area contributed by atoms with Gasteiger partial charge in [-0.05, 0) is 60.5 Å². The second-order valence-corrected chi connectivity index (χ2v) is 7.34. The average Bonchev–Trinajstić information content (AvgIpc) is 2.74. The fourth-order valence-electron chi connectivity index (χ4n) is 3.21. The molecule has 0 saturated carbocycles. The molecule has 1 amide bonds. The molecule has 0 atom stereocenters. The number of pyridine rings is 2. The topological polar surface area (TPSA) is 64.0 Å². The van der Waals surface area contributed by atoms with Gasteiger partial charge < -0.3 is 5.32 Å². The lowest BCUT2D eigenvalue weighted by Gasteiger charge is -2.13. The zero-order chi connectivity index (χ0) is 21.3. The number of anilines is 1. The van der Waals surface area contributed by atoms with Crippen molar-refractivity contribution < 1.29 is 9.18 Å². The standard InChI is InChI=1S/C23H17ClFN3O2/c1-14-4-7-17(24)12-20(14)27-22(29)19-11-16-3-2-10-26-21(16)28(23(19)30)13-15-5-8-18(25)9-6-15/h2-12H,13H2,1H3,(H,27,29). The molecule has 30 heavy (non-hydrogen) atoms. The first kappa shape index (κ1) is 19.8. The number of carbonyl (C=O) groups is 1. The van der Waals surface area contributed by atoms with Gasteiger partial charge in [0.15, 0.2) is 0 Å². The van der Waals surface area contributed by atoms with Gasteiger partial charge in [-0.3, -0.25) is 14.2 Å². The van der Waals surface area contributed by atoms with Crippen LogP contribution >= 0.6 is 11.6 Å². The number of aromatic nitrogens is 2. The molecule has 1 N–H and O–H groups in total. The first-order chi connectivity index (χ1) is 14.4. The van der Waals surface area contributed by atoms with E-state index in [9.17, 15) is 14.0 Å². The van der Waals surface area contributed by atoms with Crippen molar-refractivity contribution in [3.63, 3.8) is 0 Å². The van der Waals surface area contributed by atoms with Crippen molar-refractivity contribution in [1.29, 1.82) is 0 Å². The van der Waals surface area contributed by atoms with Gasteiger partial charge >= 0.3 is 0 Å². The number of hydrogen-bond donors (Lipinski definition) is 1. The summed E-state index contributed by atoms with van der Waals surface area (Å²) in [5.41, 5.74) is 2.01. The Morgan fingerprint density at radius 3 is 2.67 bits per heavy atom. The molecule has 4 rings (SSSR count). The van der Waals surface area contributed by atoms with Crippen LogP contribution in [0.15, 0.2) is 71.7 Å². The van der Waals surface area contributed by atoms with Gasteiger partial charge in [0.25, 0.3) is 11.5 Å². The van der Waals surface area contributed by atoms with Crippen molar-refractivity contribution in [2.75, 3.05) is 5.32 Å². The molecule has 5 nitrogen and oxygen atoms in total. The third-order valence-electron chi connectivity index (χ3n) is 4.79. The predicted molar refractivity (Wildman–Crippen MR) is 116 cm³/mol. The van der Waals surface area contributed by atoms with Crippen LogP contribution in [0.3, 0.4) is 0 Å². The lowest BCUT2D eigenvalue weighted by molar-refractivity contribution is 0.102. The molecular weight excluding hydrogens is 405 g/mol. The Labute approximate surface area is 176 Å². The van der Waals surface area contributed by atoms with Crippen LogP contribution in [0, 0.1) is 12.7 Å². The number of rotatable bonds is 4. The second kappa shape index (κ2) is 8.08. The van der Waals surface area contributed by atoms with Crippen LogP contribution in [0.25, 0.3) is 11.0 Å². The van der Waals surface area contributed by atoms with Gasteiger partial charge in [-0.1, -0.05) is 29.8 Å². The molecule has 0 radical (unpaired) electrons. The highest BCUT2D eigenvalue weighted by molar-refractivity contribution is 6.31. The lowest BCUT2D eigenvalue weighted by atomic mass is 10.1. The first-order valence-electron chi connectivity index (χ1n) is 9.23. The molecule has 0 bridgehead atoms. The van der Waals surface area contributed by atoms with Crippen LogP contribution < -0.4 is 10.9 Å². The summed E-state index contributed by atoms with van der Waals surface area (Å²) < 4.78 is 14.7. The van der Waals surface area contributed by atoms with E-state index in [1.54, 1.807) is 48.7 Å². The maximum Gasteiger partial charge on any atom is 0.265 e. The summed E-state index contributed by atoms with van der Waals surface area (Å²) in [6.07, 6.45) is 1.58. The summed E-state index contributed by atoms with van der Waals surface area (Å²) in [7, 11) is 0. The summed E-state index contributed by atoms with van der Waals surface area (Å²) in [5, 5.41) is 3.89. The Balaban J connectivity index is 1.79. The average molecular weight is 422 g/mol. The van der Waals surface area contributed by atoms with Gasteiger partial charge in [0, 0.05) is 22.3 Å². The first-order valence-corrected chi connectivity index (χ1v) is 9.61. The number of carbonyl (C=O) groups excluding carboxylic acids is 1. The Kier molecular flexibility index (Phi) is 5.33. The summed E-state index contributed by atoms with van der Waals surface area (Å²) >= 11 is 6.03. The van der Waals surface area contributed by atoms with Crippen molar-refractivity contribution in [2.45, 2.75) is 13.5 Å². The minimum atomic E-state index is -0.538. The smallest absolute Gasteiger partial charge is 0.265 e. The van der Waals surface area contributed by atoms with Crippen LogP contribution in [-0.2, 0) is 6.54 Å². The highest BCUT2D eigenvalue weighted by Gasteiger charge is 2.17. The Morgan fingerprint density at radius 1 is 1.13 bits per heavy atom. The number of amides is 1. The molecule has 0 aliphatic carbocycles. The van der Waals surface area contributed by atoms with Crippen LogP contribution in [0.5, 0.6) is 0 Å². The molecule has 2 heterocycles. The Morgan fingerprint density at radius 2 is 1.90 bits per heavy atom. The highest BCUT2D eigenvalue weighted by Crippen LogP contribution is 2.21. The predicted octanol–water partition coefficient (Wildman–Crippen LogP) is 4.80. The van der Waals surface area contributed by atoms with Gasteiger partial charge in [0.05, 0.1) is 6.54 Å². The monoisotopic (exact) mass is 421 g/mol. The molecule has 0 saturated heterocycles. The van der Waals surface area contributed by atoms with E-state index >= 15 is 0 Å². The van der Waals surface area contributed by atoms with Crippen molar-refractivity contribution in [3.8, 4) is 0 Å². The fraction of sp³-hybridized carbons (Fsp3) is 0.0870. The maximum atomic E-state index is 13.3. The van der Waals surface area contributed by atoms with E-state index in [-0.39, 0.29) is 17.9 Å². The second-order valence-electron chi connectivity index (χ2n) is 6.91. The largest absolute Gasteiger partial charge is 0.322 e. The number of halogens is 2. The zero-order valence-corrected chi connectivity index (χ0v) is 16.8. The van der Waals surface area contributed by atoms with E-state index in [0.29, 0.717) is 27.3 Å². The van der Waals surface area contributed by atoms with Crippen molar-refractivity contribution in [3.05, 3.63) is 105 Å². The number of fused-ring (bicyclic) bond motifs is 1. The molecule has 0 aliphatic heterocycles. The Hall–Kier alpha value is -3.51. The Bertz CT molecular complexity index is 1320. The minimum Gasteiger partial charge on any atom is -0.322 e. The molecule has 150 valence electrons. The lowest BCUT2D eigenvalue weighted by Crippen LogP contribution is -2.30. The van der Waals surface area contributed by atoms with Crippen molar-refractivity contribution >= 4 is 34.2 Å². The van der Waals surface area contributed by atoms with E-state index in [1.807, 2.05) is 6.92 Å². The minimum absolute atomic E-state index is 0.0167. The van der Waals surface area contributed by atoms with Crippen LogP contribution in [0.2, 0.25) is 5.02 Å². The third kappa shape index (κ3) is 3.95. The quantitative estimate of drug-likeness (QED) is 0.515. The zero-order valence-electron chi connectivity index (χ0n) is 16.0. The normalized spacial score (nSPS) is 10.9. The molecule has 4 aromatic rings. The molecule has 2 aromatic heterocycles. The highest BCUT2D eigenvalue weighted by atomic mass is 35.5. The number of benzene rings is 2. The fourth-order valence-corrected chi connectivity index (χ4v) is 3.38. The van der Waals surface area contributed by atoms with Gasteiger partial charge in [-0.15, -0.1) is 0 Å². The van der Waals surface area contributed by atoms with Gasteiger partial charge in [0.2, 0.25) is 0 Å². The van der Waals surface area contributed by atoms with Gasteiger partial charge in [0.1, 0.15) is 17.0 Å². The van der Waals surface area contributed by atoms with Crippen molar-refractivity contribution in [1.82, 2.24) is 9.55 Å². The van der Waals surface area contributed by atoms with E-state index in [4.69, 9.17) is 11.6 Å². The number of nitrogens with zero attached hydrogens (tertiary/aromatic N) is 2. The molecule has 7 heteroatoms. The van der Waals surface area contributed by atoms with E-state index in [1.165, 1.54) is 22.8 Å². The van der Waals surface area contributed by atoms with E-state index in [0.717, 1.165) is 5.56 Å². The molecule has 0 fully saturated rings.